The molecular weight excluding hydrogens is 519 g/mol. The van der Waals surface area contributed by atoms with Crippen molar-refractivity contribution in [3.05, 3.63) is 46.9 Å². The van der Waals surface area contributed by atoms with Gasteiger partial charge in [-0.3, -0.25) is 14.5 Å². The second-order valence-electron chi connectivity index (χ2n) is 9.08. The molecule has 0 radical (unpaired) electrons. The Hall–Kier alpha value is -2.47. The highest BCUT2D eigenvalue weighted by Gasteiger charge is 2.29. The molecule has 0 bridgehead atoms. The van der Waals surface area contributed by atoms with Gasteiger partial charge in [-0.1, -0.05) is 23.4 Å². The van der Waals surface area contributed by atoms with E-state index in [1.165, 1.54) is 36.0 Å². The van der Waals surface area contributed by atoms with Crippen LogP contribution in [0.2, 0.25) is 5.15 Å². The van der Waals surface area contributed by atoms with Gasteiger partial charge in [0.25, 0.3) is 5.91 Å². The monoisotopic (exact) mass is 550 g/mol. The Bertz CT molecular complexity index is 1070. The highest BCUT2D eigenvalue weighted by atomic mass is 35.5. The molecule has 2 aliphatic heterocycles. The van der Waals surface area contributed by atoms with Crippen molar-refractivity contribution in [2.45, 2.75) is 24.5 Å². The van der Waals surface area contributed by atoms with Gasteiger partial charge in [0, 0.05) is 56.9 Å². The van der Waals surface area contributed by atoms with Crippen LogP contribution in [0, 0.1) is 5.82 Å². The van der Waals surface area contributed by atoms with Gasteiger partial charge in [0.2, 0.25) is 5.91 Å². The van der Waals surface area contributed by atoms with E-state index in [1.807, 2.05) is 6.92 Å². The van der Waals surface area contributed by atoms with E-state index in [4.69, 9.17) is 16.3 Å². The van der Waals surface area contributed by atoms with Crippen molar-refractivity contribution in [2.24, 2.45) is 0 Å². The lowest BCUT2D eigenvalue weighted by molar-refractivity contribution is -0.118. The number of carbonyl (C=O) groups excluding carboxylic acids is 2. The SMILES string of the molecule is CC1CN(c2cc(Cl)nc(SCC(=O)NCCCN3CCOCC3)n2)CCN1C(=O)c1ccc(F)cc1. The lowest BCUT2D eigenvalue weighted by Crippen LogP contribution is -2.54. The van der Waals surface area contributed by atoms with E-state index in [-0.39, 0.29) is 29.4 Å². The molecule has 9 nitrogen and oxygen atoms in total. The molecule has 2 saturated heterocycles. The van der Waals surface area contributed by atoms with Crippen LogP contribution in [0.1, 0.15) is 23.7 Å². The largest absolute Gasteiger partial charge is 0.379 e. The number of nitrogens with one attached hydrogen (secondary N) is 1. The Kier molecular flexibility index (Phi) is 9.95. The number of nitrogens with zero attached hydrogens (tertiary/aromatic N) is 5. The van der Waals surface area contributed by atoms with E-state index in [0.29, 0.717) is 47.9 Å². The Labute approximate surface area is 225 Å². The zero-order valence-corrected chi connectivity index (χ0v) is 22.4. The zero-order valence-electron chi connectivity index (χ0n) is 20.9. The van der Waals surface area contributed by atoms with Gasteiger partial charge in [-0.05, 0) is 44.2 Å². The number of anilines is 1. The molecule has 2 fully saturated rings. The van der Waals surface area contributed by atoms with Crippen LogP contribution in [0.25, 0.3) is 0 Å². The Balaban J connectivity index is 1.25. The second-order valence-corrected chi connectivity index (χ2v) is 10.4. The number of hydrogen-bond donors (Lipinski definition) is 1. The molecular formula is C25H32ClFN6O3S. The summed E-state index contributed by atoms with van der Waals surface area (Å²) < 4.78 is 18.6. The zero-order chi connectivity index (χ0) is 26.2. The van der Waals surface area contributed by atoms with E-state index in [0.717, 1.165) is 39.3 Å². The van der Waals surface area contributed by atoms with Crippen molar-refractivity contribution in [2.75, 3.05) is 69.7 Å². The first-order chi connectivity index (χ1) is 17.9. The van der Waals surface area contributed by atoms with E-state index in [9.17, 15) is 14.0 Å². The molecule has 1 aromatic carbocycles. The maximum Gasteiger partial charge on any atom is 0.254 e. The molecule has 4 rings (SSSR count). The standard InChI is InChI=1S/C25H32ClFN6O3S/c1-18-16-32(9-10-33(18)24(35)19-3-5-20(27)6-4-19)22-15-21(26)29-25(30-22)37-17-23(34)28-7-2-8-31-11-13-36-14-12-31/h3-6,15,18H,2,7-14,16-17H2,1H3,(H,28,34). The van der Waals surface area contributed by atoms with E-state index in [1.54, 1.807) is 11.0 Å². The third-order valence-corrected chi connectivity index (χ3v) is 7.41. The minimum absolute atomic E-state index is 0.0707. The fraction of sp³-hybridized carbons (Fsp3) is 0.520. The number of benzene rings is 1. The fourth-order valence-electron chi connectivity index (χ4n) is 4.37. The number of aromatic nitrogens is 2. The smallest absolute Gasteiger partial charge is 0.254 e. The topological polar surface area (TPSA) is 90.9 Å². The maximum absolute atomic E-state index is 13.2. The molecule has 12 heteroatoms. The molecule has 2 aromatic rings. The van der Waals surface area contributed by atoms with Gasteiger partial charge in [-0.25, -0.2) is 14.4 Å². The third-order valence-electron chi connectivity index (χ3n) is 6.37. The summed E-state index contributed by atoms with van der Waals surface area (Å²) >= 11 is 7.51. The Morgan fingerprint density at radius 2 is 1.92 bits per heavy atom. The van der Waals surface area contributed by atoms with E-state index in [2.05, 4.69) is 25.1 Å². The Morgan fingerprint density at radius 3 is 2.65 bits per heavy atom. The molecule has 1 atom stereocenters. The quantitative estimate of drug-likeness (QED) is 0.220. The molecule has 1 unspecified atom stereocenters. The normalized spacial score (nSPS) is 18.6. The molecule has 2 amide bonds. The van der Waals surface area contributed by atoms with Crippen LogP contribution in [0.3, 0.4) is 0 Å². The second kappa shape index (κ2) is 13.4. The van der Waals surface area contributed by atoms with Crippen LogP contribution in [0.15, 0.2) is 35.5 Å². The summed E-state index contributed by atoms with van der Waals surface area (Å²) in [5, 5.41) is 3.68. The highest BCUT2D eigenvalue weighted by Crippen LogP contribution is 2.24. The van der Waals surface area contributed by atoms with Crippen LogP contribution in [-0.4, -0.2) is 102 Å². The molecule has 37 heavy (non-hydrogen) atoms. The van der Waals surface area contributed by atoms with Crippen molar-refractivity contribution < 1.29 is 18.7 Å². The summed E-state index contributed by atoms with van der Waals surface area (Å²) in [7, 11) is 0. The lowest BCUT2D eigenvalue weighted by atomic mass is 10.1. The van der Waals surface area contributed by atoms with Gasteiger partial charge in [0.1, 0.15) is 16.8 Å². The fourth-order valence-corrected chi connectivity index (χ4v) is 5.29. The summed E-state index contributed by atoms with van der Waals surface area (Å²) in [5.74, 6) is 0.297. The summed E-state index contributed by atoms with van der Waals surface area (Å²) in [6, 6.07) is 7.21. The molecule has 1 N–H and O–H groups in total. The minimum atomic E-state index is -0.370. The summed E-state index contributed by atoms with van der Waals surface area (Å²) in [4.78, 5) is 40.2. The number of ether oxygens (including phenoxy) is 1. The minimum Gasteiger partial charge on any atom is -0.379 e. The van der Waals surface area contributed by atoms with Crippen molar-refractivity contribution in [1.29, 1.82) is 0 Å². The predicted octanol–water partition coefficient (Wildman–Crippen LogP) is 2.55. The van der Waals surface area contributed by atoms with Gasteiger partial charge < -0.3 is 19.9 Å². The molecule has 0 aliphatic carbocycles. The first-order valence-electron chi connectivity index (χ1n) is 12.4. The summed E-state index contributed by atoms with van der Waals surface area (Å²) in [6.45, 7) is 8.58. The summed E-state index contributed by atoms with van der Waals surface area (Å²) in [5.41, 5.74) is 0.463. The van der Waals surface area contributed by atoms with Crippen LogP contribution in [-0.2, 0) is 9.53 Å². The first kappa shape index (κ1) is 27.6. The summed E-state index contributed by atoms with van der Waals surface area (Å²) in [6.07, 6.45) is 0.891. The number of thioether (sulfide) groups is 1. The van der Waals surface area contributed by atoms with Crippen LogP contribution in [0.4, 0.5) is 10.2 Å². The van der Waals surface area contributed by atoms with Gasteiger partial charge in [0.05, 0.1) is 19.0 Å². The van der Waals surface area contributed by atoms with Gasteiger partial charge in [0.15, 0.2) is 5.16 Å². The van der Waals surface area contributed by atoms with Gasteiger partial charge in [-0.2, -0.15) is 0 Å². The van der Waals surface area contributed by atoms with Crippen molar-refractivity contribution >= 4 is 41.0 Å². The first-order valence-corrected chi connectivity index (χ1v) is 13.8. The maximum atomic E-state index is 13.2. The van der Waals surface area contributed by atoms with Gasteiger partial charge in [-0.15, -0.1) is 0 Å². The number of piperazine rings is 1. The number of rotatable bonds is 9. The lowest BCUT2D eigenvalue weighted by Gasteiger charge is -2.40. The average molecular weight is 551 g/mol. The van der Waals surface area contributed by atoms with Gasteiger partial charge >= 0.3 is 0 Å². The molecule has 1 aromatic heterocycles. The average Bonchev–Trinajstić information content (AvgIpc) is 2.90. The van der Waals surface area contributed by atoms with Crippen molar-refractivity contribution in [3.8, 4) is 0 Å². The van der Waals surface area contributed by atoms with Crippen molar-refractivity contribution in [3.63, 3.8) is 0 Å². The number of amides is 2. The number of carbonyl (C=O) groups is 2. The van der Waals surface area contributed by atoms with E-state index < -0.39 is 0 Å². The van der Waals surface area contributed by atoms with Crippen molar-refractivity contribution in [1.82, 2.24) is 25.1 Å². The third kappa shape index (κ3) is 8.00. The van der Waals surface area contributed by atoms with Crippen LogP contribution in [0.5, 0.6) is 0 Å². The molecule has 3 heterocycles. The number of halogens is 2. The van der Waals surface area contributed by atoms with Crippen LogP contribution >= 0.6 is 23.4 Å². The molecule has 200 valence electrons. The molecule has 0 spiro atoms. The van der Waals surface area contributed by atoms with Crippen LogP contribution < -0.4 is 10.2 Å². The molecule has 0 saturated carbocycles. The Morgan fingerprint density at radius 1 is 1.16 bits per heavy atom. The number of hydrogen-bond acceptors (Lipinski definition) is 8. The highest BCUT2D eigenvalue weighted by molar-refractivity contribution is 7.99. The molecule has 2 aliphatic rings. The predicted molar refractivity (Wildman–Crippen MR) is 142 cm³/mol. The number of morpholine rings is 1. The van der Waals surface area contributed by atoms with E-state index >= 15 is 0 Å².